The maximum Gasteiger partial charge on any atom is 0.352 e. The smallest absolute Gasteiger partial charge is 0.211 e. The highest BCUT2D eigenvalue weighted by atomic mass is 35.5. The Labute approximate surface area is 70.7 Å². The fourth-order valence-electron chi connectivity index (χ4n) is 0.318. The molecule has 0 bridgehead atoms. The predicted molar refractivity (Wildman–Crippen MR) is 36.5 cm³/mol. The number of carbonyl (C=O) groups excluding carboxylic acids is 1. The minimum absolute atomic E-state index is 0.713. The lowest BCUT2D eigenvalue weighted by molar-refractivity contribution is 0.0214. The Morgan fingerprint density at radius 3 is 2.42 bits per heavy atom. The average molecular weight is 197 g/mol. The number of nitrogens with zero attached hydrogens (tertiary/aromatic N) is 4. The van der Waals surface area contributed by atoms with Crippen molar-refractivity contribution in [3.8, 4) is 0 Å². The maximum absolute atomic E-state index is 12.4. The standard InChI is InChI=1S/C4H3ClF2N4O/c1-3(9-2-12,10-11-8)4(5,6)7/h1H3. The third-order valence-electron chi connectivity index (χ3n) is 1.04. The SMILES string of the molecule is CC(N=C=O)(N=[N+]=[N-])C(F)(F)Cl. The van der Waals surface area contributed by atoms with Crippen molar-refractivity contribution < 1.29 is 13.6 Å². The Morgan fingerprint density at radius 1 is 1.67 bits per heavy atom. The highest BCUT2D eigenvalue weighted by molar-refractivity contribution is 6.22. The number of alkyl halides is 3. The van der Waals surface area contributed by atoms with E-state index in [1.807, 2.05) is 0 Å². The van der Waals surface area contributed by atoms with Crippen LogP contribution in [-0.4, -0.2) is 17.1 Å². The van der Waals surface area contributed by atoms with Crippen molar-refractivity contribution in [2.45, 2.75) is 18.0 Å². The van der Waals surface area contributed by atoms with Crippen molar-refractivity contribution in [2.24, 2.45) is 10.1 Å². The largest absolute Gasteiger partial charge is 0.352 e. The first-order valence-electron chi connectivity index (χ1n) is 2.59. The molecule has 0 radical (unpaired) electrons. The zero-order chi connectivity index (χ0) is 9.83. The molecule has 0 aromatic rings. The molecule has 0 spiro atoms. The van der Waals surface area contributed by atoms with Gasteiger partial charge in [-0.3, -0.25) is 0 Å². The molecule has 0 fully saturated rings. The molecule has 5 nitrogen and oxygen atoms in total. The van der Waals surface area contributed by atoms with E-state index in [0.717, 1.165) is 6.08 Å². The van der Waals surface area contributed by atoms with Crippen LogP contribution < -0.4 is 0 Å². The molecule has 0 aliphatic carbocycles. The Hall–Kier alpha value is -1.16. The molecule has 0 amide bonds. The Bertz CT molecular complexity index is 245. The first kappa shape index (κ1) is 10.8. The van der Waals surface area contributed by atoms with Gasteiger partial charge in [-0.1, -0.05) is 5.11 Å². The summed E-state index contributed by atoms with van der Waals surface area (Å²) in [7, 11) is 0. The van der Waals surface area contributed by atoms with Crippen molar-refractivity contribution in [1.82, 2.24) is 0 Å². The van der Waals surface area contributed by atoms with Crippen molar-refractivity contribution in [3.05, 3.63) is 10.4 Å². The quantitative estimate of drug-likeness (QED) is 0.170. The fourth-order valence-corrected chi connectivity index (χ4v) is 0.398. The van der Waals surface area contributed by atoms with E-state index in [0.29, 0.717) is 6.92 Å². The Balaban J connectivity index is 5.13. The first-order valence-corrected chi connectivity index (χ1v) is 2.97. The van der Waals surface area contributed by atoms with Crippen LogP contribution in [0.2, 0.25) is 0 Å². The van der Waals surface area contributed by atoms with E-state index in [1.165, 1.54) is 0 Å². The summed E-state index contributed by atoms with van der Waals surface area (Å²) in [6.45, 7) is 0.713. The van der Waals surface area contributed by atoms with Gasteiger partial charge in [0, 0.05) is 4.91 Å². The summed E-state index contributed by atoms with van der Waals surface area (Å²) in [6.07, 6.45) is 0.845. The average Bonchev–Trinajstić information content (AvgIpc) is 1.86. The van der Waals surface area contributed by atoms with E-state index in [2.05, 4.69) is 26.6 Å². The summed E-state index contributed by atoms with van der Waals surface area (Å²) in [5.41, 5.74) is 5.25. The van der Waals surface area contributed by atoms with E-state index < -0.39 is 11.0 Å². The van der Waals surface area contributed by atoms with E-state index in [-0.39, 0.29) is 0 Å². The van der Waals surface area contributed by atoms with Gasteiger partial charge in [-0.05, 0) is 24.1 Å². The molecule has 0 aliphatic heterocycles. The van der Waals surface area contributed by atoms with Crippen LogP contribution in [0.25, 0.3) is 10.4 Å². The lowest BCUT2D eigenvalue weighted by Gasteiger charge is -2.21. The normalized spacial score (nSPS) is 15.3. The molecule has 12 heavy (non-hydrogen) atoms. The summed E-state index contributed by atoms with van der Waals surface area (Å²) in [5.74, 6) is 0. The number of halogens is 3. The van der Waals surface area contributed by atoms with Gasteiger partial charge < -0.3 is 0 Å². The number of hydrogen-bond donors (Lipinski definition) is 0. The van der Waals surface area contributed by atoms with Crippen LogP contribution in [0.5, 0.6) is 0 Å². The molecule has 0 aromatic heterocycles. The molecule has 0 rings (SSSR count). The molecule has 1 unspecified atom stereocenters. The summed E-state index contributed by atoms with van der Waals surface area (Å²) in [6, 6.07) is 0. The molecular weight excluding hydrogens is 194 g/mol. The molecule has 0 N–H and O–H groups in total. The van der Waals surface area contributed by atoms with Gasteiger partial charge in [-0.15, -0.1) is 0 Å². The van der Waals surface area contributed by atoms with Gasteiger partial charge in [-0.25, -0.2) is 4.79 Å². The summed E-state index contributed by atoms with van der Waals surface area (Å²) < 4.78 is 24.7. The van der Waals surface area contributed by atoms with Gasteiger partial charge >= 0.3 is 5.38 Å². The first-order chi connectivity index (χ1) is 5.37. The van der Waals surface area contributed by atoms with Crippen LogP contribution in [0.4, 0.5) is 8.78 Å². The number of isocyanates is 1. The molecule has 1 atom stereocenters. The van der Waals surface area contributed by atoms with E-state index in [9.17, 15) is 13.6 Å². The maximum atomic E-state index is 12.4. The van der Waals surface area contributed by atoms with Gasteiger partial charge in [0.25, 0.3) is 0 Å². The Morgan fingerprint density at radius 2 is 2.17 bits per heavy atom. The zero-order valence-corrected chi connectivity index (χ0v) is 6.59. The van der Waals surface area contributed by atoms with Crippen LogP contribution in [-0.2, 0) is 4.79 Å². The molecule has 8 heteroatoms. The third-order valence-corrected chi connectivity index (χ3v) is 1.40. The fraction of sp³-hybridized carbons (Fsp3) is 0.750. The molecule has 0 aromatic carbocycles. The summed E-state index contributed by atoms with van der Waals surface area (Å²) in [5, 5.41) is -1.33. The minimum atomic E-state index is -3.92. The van der Waals surface area contributed by atoms with Crippen LogP contribution in [0.1, 0.15) is 6.92 Å². The second-order valence-corrected chi connectivity index (χ2v) is 2.39. The van der Waals surface area contributed by atoms with Gasteiger partial charge in [0.2, 0.25) is 11.7 Å². The van der Waals surface area contributed by atoms with Crippen molar-refractivity contribution in [1.29, 1.82) is 0 Å². The number of azide groups is 1. The van der Waals surface area contributed by atoms with E-state index in [1.54, 1.807) is 0 Å². The minimum Gasteiger partial charge on any atom is -0.211 e. The van der Waals surface area contributed by atoms with Crippen LogP contribution in [0.3, 0.4) is 0 Å². The van der Waals surface area contributed by atoms with Gasteiger partial charge in [0.05, 0.1) is 0 Å². The predicted octanol–water partition coefficient (Wildman–Crippen LogP) is 2.18. The van der Waals surface area contributed by atoms with Gasteiger partial charge in [-0.2, -0.15) is 13.8 Å². The van der Waals surface area contributed by atoms with E-state index in [4.69, 9.17) is 5.53 Å². The lowest BCUT2D eigenvalue weighted by Crippen LogP contribution is -2.36. The Kier molecular flexibility index (Phi) is 3.15. The second kappa shape index (κ2) is 3.49. The monoisotopic (exact) mass is 196 g/mol. The van der Waals surface area contributed by atoms with Gasteiger partial charge in [0.1, 0.15) is 0 Å². The van der Waals surface area contributed by atoms with Crippen molar-refractivity contribution >= 4 is 17.7 Å². The van der Waals surface area contributed by atoms with E-state index >= 15 is 0 Å². The second-order valence-electron chi connectivity index (χ2n) is 1.91. The number of aliphatic imine (C=N–C) groups is 1. The third kappa shape index (κ3) is 2.17. The molecule has 0 saturated carbocycles. The summed E-state index contributed by atoms with van der Waals surface area (Å²) in [4.78, 5) is 14.4. The lowest BCUT2D eigenvalue weighted by atomic mass is 10.2. The molecule has 0 saturated heterocycles. The highest BCUT2D eigenvalue weighted by Crippen LogP contribution is 2.36. The van der Waals surface area contributed by atoms with Gasteiger partial charge in [0.15, 0.2) is 0 Å². The van der Waals surface area contributed by atoms with Crippen LogP contribution in [0, 0.1) is 0 Å². The molecular formula is C4H3ClF2N4O. The van der Waals surface area contributed by atoms with Crippen molar-refractivity contribution in [2.75, 3.05) is 0 Å². The van der Waals surface area contributed by atoms with Crippen LogP contribution in [0.15, 0.2) is 10.1 Å². The van der Waals surface area contributed by atoms with Crippen LogP contribution >= 0.6 is 11.6 Å². The number of hydrogen-bond acceptors (Lipinski definition) is 3. The molecule has 66 valence electrons. The van der Waals surface area contributed by atoms with Crippen molar-refractivity contribution in [3.63, 3.8) is 0 Å². The highest BCUT2D eigenvalue weighted by Gasteiger charge is 2.49. The zero-order valence-electron chi connectivity index (χ0n) is 5.83. The molecule has 0 aliphatic rings. The topological polar surface area (TPSA) is 78.2 Å². The summed E-state index contributed by atoms with van der Waals surface area (Å²) >= 11 is 4.53. The number of rotatable bonds is 3. The molecule has 0 heterocycles.